The third-order valence-electron chi connectivity index (χ3n) is 1.87. The van der Waals surface area contributed by atoms with Gasteiger partial charge in [-0.1, -0.05) is 22.0 Å². The maximum atomic E-state index is 11.6. The SMILES string of the molecule is O=C(NC(CS)C(=O)O)c1cccc(Br)c1. The molecule has 0 aliphatic carbocycles. The Morgan fingerprint density at radius 1 is 1.50 bits per heavy atom. The van der Waals surface area contributed by atoms with E-state index in [4.69, 9.17) is 5.11 Å². The maximum absolute atomic E-state index is 11.6. The summed E-state index contributed by atoms with van der Waals surface area (Å²) in [5.41, 5.74) is 0.405. The molecule has 1 aromatic rings. The number of hydrogen-bond acceptors (Lipinski definition) is 3. The van der Waals surface area contributed by atoms with E-state index in [9.17, 15) is 9.59 Å². The van der Waals surface area contributed by atoms with Crippen molar-refractivity contribution < 1.29 is 14.7 Å². The Kier molecular flexibility index (Phi) is 4.82. The summed E-state index contributed by atoms with van der Waals surface area (Å²) in [4.78, 5) is 22.3. The highest BCUT2D eigenvalue weighted by Crippen LogP contribution is 2.11. The molecular weight excluding hydrogens is 294 g/mol. The van der Waals surface area contributed by atoms with Gasteiger partial charge in [-0.15, -0.1) is 0 Å². The highest BCUT2D eigenvalue weighted by Gasteiger charge is 2.18. The van der Waals surface area contributed by atoms with Crippen molar-refractivity contribution in [3.05, 3.63) is 34.3 Å². The van der Waals surface area contributed by atoms with Gasteiger partial charge in [-0.3, -0.25) is 4.79 Å². The van der Waals surface area contributed by atoms with E-state index in [0.717, 1.165) is 4.47 Å². The van der Waals surface area contributed by atoms with Crippen molar-refractivity contribution in [2.75, 3.05) is 5.75 Å². The van der Waals surface area contributed by atoms with Crippen molar-refractivity contribution in [1.82, 2.24) is 5.32 Å². The van der Waals surface area contributed by atoms with E-state index in [1.165, 1.54) is 0 Å². The molecule has 1 atom stereocenters. The monoisotopic (exact) mass is 303 g/mol. The van der Waals surface area contributed by atoms with Gasteiger partial charge in [0, 0.05) is 15.8 Å². The molecule has 1 aromatic carbocycles. The molecule has 1 rings (SSSR count). The molecule has 4 nitrogen and oxygen atoms in total. The summed E-state index contributed by atoms with van der Waals surface area (Å²) in [6, 6.07) is 5.74. The van der Waals surface area contributed by atoms with Crippen molar-refractivity contribution in [3.63, 3.8) is 0 Å². The zero-order valence-corrected chi connectivity index (χ0v) is 10.7. The Bertz CT molecular complexity index is 411. The molecule has 0 aliphatic rings. The van der Waals surface area contributed by atoms with Crippen LogP contribution in [0.4, 0.5) is 0 Å². The quantitative estimate of drug-likeness (QED) is 0.740. The minimum Gasteiger partial charge on any atom is -0.480 e. The lowest BCUT2D eigenvalue weighted by Crippen LogP contribution is -2.42. The van der Waals surface area contributed by atoms with Gasteiger partial charge in [0.15, 0.2) is 0 Å². The Balaban J connectivity index is 2.75. The Labute approximate surface area is 107 Å². The predicted molar refractivity (Wildman–Crippen MR) is 66.9 cm³/mol. The van der Waals surface area contributed by atoms with Gasteiger partial charge in [0.1, 0.15) is 6.04 Å². The Morgan fingerprint density at radius 3 is 2.69 bits per heavy atom. The number of carbonyl (C=O) groups excluding carboxylic acids is 1. The number of carboxylic acids is 1. The highest BCUT2D eigenvalue weighted by atomic mass is 79.9. The van der Waals surface area contributed by atoms with Crippen LogP contribution in [0.3, 0.4) is 0 Å². The number of carbonyl (C=O) groups is 2. The number of halogens is 1. The minimum atomic E-state index is -1.10. The lowest BCUT2D eigenvalue weighted by molar-refractivity contribution is -0.138. The van der Waals surface area contributed by atoms with E-state index >= 15 is 0 Å². The van der Waals surface area contributed by atoms with Gasteiger partial charge in [-0.05, 0) is 18.2 Å². The van der Waals surface area contributed by atoms with Crippen molar-refractivity contribution in [1.29, 1.82) is 0 Å². The second-order valence-corrected chi connectivity index (χ2v) is 4.34. The van der Waals surface area contributed by atoms with Gasteiger partial charge >= 0.3 is 5.97 Å². The number of hydrogen-bond donors (Lipinski definition) is 3. The number of amides is 1. The predicted octanol–water partition coefficient (Wildman–Crippen LogP) is 1.56. The van der Waals surface area contributed by atoms with E-state index in [1.807, 2.05) is 0 Å². The van der Waals surface area contributed by atoms with Crippen LogP contribution < -0.4 is 5.32 Å². The summed E-state index contributed by atoms with van der Waals surface area (Å²) in [5.74, 6) is -1.48. The van der Waals surface area contributed by atoms with Crippen molar-refractivity contribution in [3.8, 4) is 0 Å². The van der Waals surface area contributed by atoms with Gasteiger partial charge < -0.3 is 10.4 Å². The summed E-state index contributed by atoms with van der Waals surface area (Å²) in [6.45, 7) is 0. The van der Waals surface area contributed by atoms with E-state index < -0.39 is 17.9 Å². The molecule has 86 valence electrons. The fourth-order valence-corrected chi connectivity index (χ4v) is 1.70. The number of rotatable bonds is 4. The molecule has 0 fully saturated rings. The van der Waals surface area contributed by atoms with Crippen molar-refractivity contribution in [2.24, 2.45) is 0 Å². The first-order chi connectivity index (χ1) is 7.54. The molecule has 2 N–H and O–H groups in total. The van der Waals surface area contributed by atoms with Crippen molar-refractivity contribution in [2.45, 2.75) is 6.04 Å². The lowest BCUT2D eigenvalue weighted by atomic mass is 10.2. The molecule has 0 aromatic heterocycles. The molecule has 0 aliphatic heterocycles. The molecular formula is C10H10BrNO3S. The summed E-state index contributed by atoms with van der Waals surface area (Å²) in [7, 11) is 0. The van der Waals surface area contributed by atoms with Crippen LogP contribution in [0.5, 0.6) is 0 Å². The molecule has 0 bridgehead atoms. The molecule has 0 saturated carbocycles. The molecule has 1 amide bonds. The number of aliphatic carboxylic acids is 1. The number of carboxylic acid groups (broad SMARTS) is 1. The standard InChI is InChI=1S/C10H10BrNO3S/c11-7-3-1-2-6(4-7)9(13)12-8(5-16)10(14)15/h1-4,8,16H,5H2,(H,12,13)(H,14,15). The van der Waals surface area contributed by atoms with Crippen LogP contribution in [0, 0.1) is 0 Å². The smallest absolute Gasteiger partial charge is 0.327 e. The van der Waals surface area contributed by atoms with Crippen LogP contribution in [0.15, 0.2) is 28.7 Å². The fraction of sp³-hybridized carbons (Fsp3) is 0.200. The second-order valence-electron chi connectivity index (χ2n) is 3.06. The molecule has 0 spiro atoms. The van der Waals surface area contributed by atoms with Crippen LogP contribution in [-0.4, -0.2) is 28.8 Å². The summed E-state index contributed by atoms with van der Waals surface area (Å²) < 4.78 is 0.762. The number of nitrogens with one attached hydrogen (secondary N) is 1. The van der Waals surface area contributed by atoms with Gasteiger partial charge in [0.05, 0.1) is 0 Å². The van der Waals surface area contributed by atoms with Crippen LogP contribution in [0.25, 0.3) is 0 Å². The van der Waals surface area contributed by atoms with Gasteiger partial charge in [-0.2, -0.15) is 12.6 Å². The topological polar surface area (TPSA) is 66.4 Å². The summed E-state index contributed by atoms with van der Waals surface area (Å²) >= 11 is 7.09. The average Bonchev–Trinajstić information content (AvgIpc) is 2.25. The average molecular weight is 304 g/mol. The van der Waals surface area contributed by atoms with Crippen LogP contribution in [-0.2, 0) is 4.79 Å². The molecule has 0 radical (unpaired) electrons. The Morgan fingerprint density at radius 2 is 2.19 bits per heavy atom. The Hall–Kier alpha value is -1.01. The second kappa shape index (κ2) is 5.91. The molecule has 0 heterocycles. The highest BCUT2D eigenvalue weighted by molar-refractivity contribution is 9.10. The summed E-state index contributed by atoms with van der Waals surface area (Å²) in [5, 5.41) is 11.1. The lowest BCUT2D eigenvalue weighted by Gasteiger charge is -2.11. The first-order valence-corrected chi connectivity index (χ1v) is 5.87. The van der Waals surface area contributed by atoms with Gasteiger partial charge in [0.2, 0.25) is 0 Å². The maximum Gasteiger partial charge on any atom is 0.327 e. The first-order valence-electron chi connectivity index (χ1n) is 4.44. The van der Waals surface area contributed by atoms with Crippen molar-refractivity contribution >= 4 is 40.4 Å². The van der Waals surface area contributed by atoms with E-state index in [2.05, 4.69) is 33.9 Å². The number of thiol groups is 1. The normalized spacial score (nSPS) is 11.9. The van der Waals surface area contributed by atoms with E-state index in [-0.39, 0.29) is 5.75 Å². The zero-order valence-electron chi connectivity index (χ0n) is 8.18. The van der Waals surface area contributed by atoms with Gasteiger partial charge in [0.25, 0.3) is 5.91 Å². The summed E-state index contributed by atoms with van der Waals surface area (Å²) in [6.07, 6.45) is 0. The minimum absolute atomic E-state index is 0.0507. The first kappa shape index (κ1) is 13.1. The number of benzene rings is 1. The largest absolute Gasteiger partial charge is 0.480 e. The van der Waals surface area contributed by atoms with Crippen LogP contribution >= 0.6 is 28.6 Å². The molecule has 6 heteroatoms. The third-order valence-corrected chi connectivity index (χ3v) is 2.73. The van der Waals surface area contributed by atoms with Gasteiger partial charge in [-0.25, -0.2) is 4.79 Å². The van der Waals surface area contributed by atoms with E-state index in [0.29, 0.717) is 5.56 Å². The molecule has 16 heavy (non-hydrogen) atoms. The van der Waals surface area contributed by atoms with E-state index in [1.54, 1.807) is 24.3 Å². The van der Waals surface area contributed by atoms with Crippen LogP contribution in [0.2, 0.25) is 0 Å². The fourth-order valence-electron chi connectivity index (χ4n) is 1.06. The van der Waals surface area contributed by atoms with Crippen LogP contribution in [0.1, 0.15) is 10.4 Å². The zero-order chi connectivity index (χ0) is 12.1. The third kappa shape index (κ3) is 3.53. The molecule has 1 unspecified atom stereocenters. The molecule has 0 saturated heterocycles.